The summed E-state index contributed by atoms with van der Waals surface area (Å²) in [6.45, 7) is 0. The number of aromatic nitrogens is 8. The van der Waals surface area contributed by atoms with Gasteiger partial charge in [0, 0.05) is 136 Å². The topological polar surface area (TPSA) is 79.2 Å². The molecule has 0 aliphatic rings. The van der Waals surface area contributed by atoms with Crippen LogP contribution in [0.4, 0.5) is 0 Å². The lowest BCUT2D eigenvalue weighted by molar-refractivity contribution is 0.998. The van der Waals surface area contributed by atoms with Crippen LogP contribution in [-0.2, 0) is 0 Å². The standard InChI is InChI=1S/C44H25N3S.C42H25N3S.C41H24N2S/c1-3-15-28-26(12-1)14-11-20-30(28)41-31-17-5-8-21-35(31)45-44(46-41)47-36-22-9-6-18-32(36)38-34-25-24-27-13-2-4-16-29(27)39(34)43-40(42(38)47)33-19-7-10-23-37(33)48-43;1-3-14-27(15-4-1)33-25-34(28-16-5-2-6-17-28)44-42(43-33)45-35-21-11-9-19-30(35)37-32-24-23-26-13-7-8-18-29(26)38(32)41-39(40(37)45)31-20-10-12-22-36(31)46-41;1-2-12-25(13-3-1)32-24-36(42-33-19-9-6-16-28(32)33)43-34-20-10-7-17-29(34)37-31-23-22-26-14-4-5-15-27(26)38(31)41-39(40(37)43)30-18-8-11-21-35(30)44-41/h1-25H;1-25H;1-24H. The van der Waals surface area contributed by atoms with E-state index in [9.17, 15) is 0 Å². The molecule has 9 aromatic heterocycles. The first kappa shape index (κ1) is 78.1. The minimum Gasteiger partial charge on any atom is -0.293 e. The number of nitrogens with zero attached hydrogens (tertiary/aromatic N) is 8. The molecular formula is C127H74N8S3. The highest BCUT2D eigenvalue weighted by Gasteiger charge is 2.30. The third kappa shape index (κ3) is 11.9. The summed E-state index contributed by atoms with van der Waals surface area (Å²) in [7, 11) is 0. The molecule has 22 aromatic carbocycles. The molecule has 0 atom stereocenters. The maximum Gasteiger partial charge on any atom is 0.235 e. The maximum absolute atomic E-state index is 5.52. The highest BCUT2D eigenvalue weighted by atomic mass is 32.1. The lowest BCUT2D eigenvalue weighted by Crippen LogP contribution is -2.04. The van der Waals surface area contributed by atoms with E-state index in [0.717, 1.165) is 83.5 Å². The van der Waals surface area contributed by atoms with Crippen molar-refractivity contribution in [2.24, 2.45) is 0 Å². The predicted molar refractivity (Wildman–Crippen MR) is 589 cm³/mol. The first-order valence-electron chi connectivity index (χ1n) is 46.8. The second-order valence-electron chi connectivity index (χ2n) is 35.8. The average molecular weight is 1810 g/mol. The largest absolute Gasteiger partial charge is 0.293 e. The maximum atomic E-state index is 5.52. The summed E-state index contributed by atoms with van der Waals surface area (Å²) in [4.78, 5) is 26.9. The number of benzene rings is 22. The van der Waals surface area contributed by atoms with E-state index in [0.29, 0.717) is 11.9 Å². The molecule has 31 rings (SSSR count). The molecule has 138 heavy (non-hydrogen) atoms. The van der Waals surface area contributed by atoms with Gasteiger partial charge >= 0.3 is 0 Å². The number of hydrogen-bond acceptors (Lipinski definition) is 8. The van der Waals surface area contributed by atoms with Crippen LogP contribution in [0.3, 0.4) is 0 Å². The van der Waals surface area contributed by atoms with Gasteiger partial charge in [-0.2, -0.15) is 0 Å². The molecule has 0 N–H and O–H groups in total. The van der Waals surface area contributed by atoms with Gasteiger partial charge in [-0.3, -0.25) is 13.7 Å². The van der Waals surface area contributed by atoms with Gasteiger partial charge in [-0.15, -0.1) is 34.0 Å². The van der Waals surface area contributed by atoms with Gasteiger partial charge in [0.25, 0.3) is 0 Å². The van der Waals surface area contributed by atoms with Crippen molar-refractivity contribution in [2.45, 2.75) is 0 Å². The summed E-state index contributed by atoms with van der Waals surface area (Å²) in [6.07, 6.45) is 0. The number of rotatable bonds is 7. The van der Waals surface area contributed by atoms with E-state index in [1.54, 1.807) is 0 Å². The van der Waals surface area contributed by atoms with Crippen molar-refractivity contribution in [1.29, 1.82) is 0 Å². The van der Waals surface area contributed by atoms with Crippen LogP contribution < -0.4 is 0 Å². The molecule has 0 aliphatic carbocycles. The number of thiophene rings is 3. The zero-order chi connectivity index (χ0) is 90.3. The monoisotopic (exact) mass is 1810 g/mol. The molecule has 0 amide bonds. The molecule has 0 bridgehead atoms. The molecule has 640 valence electrons. The highest BCUT2D eigenvalue weighted by molar-refractivity contribution is 7.28. The first-order valence-corrected chi connectivity index (χ1v) is 49.2. The number of fused-ring (bicyclic) bond motifs is 39. The van der Waals surface area contributed by atoms with E-state index >= 15 is 0 Å². The third-order valence-corrected chi connectivity index (χ3v) is 31.9. The molecule has 0 unspecified atom stereocenters. The summed E-state index contributed by atoms with van der Waals surface area (Å²) < 4.78 is 14.9. The Morgan fingerprint density at radius 2 is 0.507 bits per heavy atom. The van der Waals surface area contributed by atoms with E-state index < -0.39 is 0 Å². The summed E-state index contributed by atoms with van der Waals surface area (Å²) in [5.74, 6) is 2.29. The van der Waals surface area contributed by atoms with E-state index in [1.807, 2.05) is 46.1 Å². The van der Waals surface area contributed by atoms with Crippen LogP contribution >= 0.6 is 34.0 Å². The van der Waals surface area contributed by atoms with Gasteiger partial charge in [-0.1, -0.05) is 388 Å². The molecule has 8 nitrogen and oxygen atoms in total. The molecule has 0 radical (unpaired) electrons. The molecule has 31 aromatic rings. The van der Waals surface area contributed by atoms with Crippen molar-refractivity contribution in [3.63, 3.8) is 0 Å². The lowest BCUT2D eigenvalue weighted by atomic mass is 9.95. The zero-order valence-electron chi connectivity index (χ0n) is 74.0. The van der Waals surface area contributed by atoms with Crippen LogP contribution in [0.2, 0.25) is 0 Å². The SMILES string of the molecule is c1ccc(-c2cc(-c3ccccc3)nc(-n3c4ccccc4c4c5ccc6ccccc6c5c5sc6ccccc6c5c43)n2)cc1.c1ccc(-c2cc(-n3c4ccccc4c4c5ccc6ccccc6c5c5sc6ccccc6c5c43)nc3ccccc23)cc1.c1ccc2c(-c3nc(-n4c5ccccc5c5c6ccc7ccccc7c6c6sc7ccccc7c6c54)nc4ccccc34)cccc2c1. The van der Waals surface area contributed by atoms with Crippen LogP contribution in [0.5, 0.6) is 0 Å². The van der Waals surface area contributed by atoms with Gasteiger partial charge in [-0.25, -0.2) is 24.9 Å². The van der Waals surface area contributed by atoms with Crippen LogP contribution in [0.1, 0.15) is 0 Å². The lowest BCUT2D eigenvalue weighted by Gasteiger charge is -2.14. The molecule has 9 heterocycles. The van der Waals surface area contributed by atoms with Gasteiger partial charge in [0.1, 0.15) is 5.82 Å². The van der Waals surface area contributed by atoms with Crippen LogP contribution in [0.15, 0.2) is 449 Å². The fraction of sp³-hybridized carbons (Fsp3) is 0. The quantitative estimate of drug-likeness (QED) is 0.149. The Bertz CT molecular complexity index is 10500. The van der Waals surface area contributed by atoms with E-state index in [2.05, 4.69) is 450 Å². The smallest absolute Gasteiger partial charge is 0.235 e. The van der Waals surface area contributed by atoms with Crippen molar-refractivity contribution in [3.8, 4) is 62.6 Å². The van der Waals surface area contributed by atoms with Gasteiger partial charge in [0.2, 0.25) is 11.9 Å². The summed E-state index contributed by atoms with van der Waals surface area (Å²) in [5, 5.41) is 35.0. The van der Waals surface area contributed by atoms with Gasteiger partial charge in [-0.05, 0) is 131 Å². The van der Waals surface area contributed by atoms with Crippen molar-refractivity contribution in [3.05, 3.63) is 449 Å². The number of pyridine rings is 1. The third-order valence-electron chi connectivity index (χ3n) is 28.3. The molecule has 0 saturated carbocycles. The minimum absolute atomic E-state index is 0.670. The van der Waals surface area contributed by atoms with Crippen molar-refractivity contribution >= 4 is 257 Å². The summed E-state index contributed by atoms with van der Waals surface area (Å²) >= 11 is 5.67. The highest BCUT2D eigenvalue weighted by Crippen LogP contribution is 2.55. The zero-order valence-corrected chi connectivity index (χ0v) is 76.5. The molecule has 0 saturated heterocycles. The van der Waals surface area contributed by atoms with Crippen LogP contribution in [-0.4, -0.2) is 38.6 Å². The Morgan fingerprint density at radius 1 is 0.181 bits per heavy atom. The van der Waals surface area contributed by atoms with Gasteiger partial charge in [0.15, 0.2) is 0 Å². The normalized spacial score (nSPS) is 12.1. The summed E-state index contributed by atoms with van der Waals surface area (Å²) in [5.41, 5.74) is 17.2. The molecule has 0 aliphatic heterocycles. The fourth-order valence-corrected chi connectivity index (χ4v) is 26.3. The average Bonchev–Trinajstić information content (AvgIpc) is 1.55. The predicted octanol–water partition coefficient (Wildman–Crippen LogP) is 35.5. The number of hydrogen-bond donors (Lipinski definition) is 0. The van der Waals surface area contributed by atoms with Crippen molar-refractivity contribution < 1.29 is 0 Å². The molecule has 11 heteroatoms. The Morgan fingerprint density at radius 3 is 0.957 bits per heavy atom. The Labute approximate surface area is 801 Å². The first-order chi connectivity index (χ1) is 68.5. The molecular weight excluding hydrogens is 1730 g/mol. The van der Waals surface area contributed by atoms with Crippen molar-refractivity contribution in [2.75, 3.05) is 0 Å². The Kier molecular flexibility index (Phi) is 17.6. The van der Waals surface area contributed by atoms with Gasteiger partial charge < -0.3 is 0 Å². The molecule has 0 spiro atoms. The summed E-state index contributed by atoms with van der Waals surface area (Å²) in [6, 6.07) is 161. The van der Waals surface area contributed by atoms with Crippen molar-refractivity contribution in [1.82, 2.24) is 38.6 Å². The second kappa shape index (κ2) is 31.1. The van der Waals surface area contributed by atoms with Gasteiger partial charge in [0.05, 0.1) is 61.2 Å². The van der Waals surface area contributed by atoms with E-state index in [1.165, 1.54) is 190 Å². The number of para-hydroxylation sites is 5. The van der Waals surface area contributed by atoms with E-state index in [-0.39, 0.29) is 0 Å². The van der Waals surface area contributed by atoms with Crippen LogP contribution in [0, 0.1) is 0 Å². The second-order valence-corrected chi connectivity index (χ2v) is 38.9. The minimum atomic E-state index is 0.670. The van der Waals surface area contributed by atoms with E-state index in [4.69, 9.17) is 24.9 Å². The molecule has 0 fully saturated rings. The van der Waals surface area contributed by atoms with Crippen LogP contribution in [0.25, 0.3) is 286 Å². The Balaban J connectivity index is 0.0000000999. The Hall–Kier alpha value is -17.5. The fourth-order valence-electron chi connectivity index (χ4n) is 22.4.